The zero-order valence-electron chi connectivity index (χ0n) is 12.1. The van der Waals surface area contributed by atoms with Crippen molar-refractivity contribution in [1.29, 1.82) is 0 Å². The number of rotatable bonds is 0. The summed E-state index contributed by atoms with van der Waals surface area (Å²) in [6, 6.07) is 0. The molecule has 3 rings (SSSR count). The highest BCUT2D eigenvalue weighted by Gasteiger charge is 2.55. The van der Waals surface area contributed by atoms with Crippen LogP contribution in [0.3, 0.4) is 0 Å². The summed E-state index contributed by atoms with van der Waals surface area (Å²) in [6.07, 6.45) is 2.05. The zero-order valence-corrected chi connectivity index (χ0v) is 12.1. The molecule has 0 aromatic carbocycles. The number of ether oxygens (including phenoxy) is 2. The maximum absolute atomic E-state index is 12.2. The van der Waals surface area contributed by atoms with E-state index in [0.29, 0.717) is 19.0 Å². The fourth-order valence-electron chi connectivity index (χ4n) is 3.57. The summed E-state index contributed by atoms with van der Waals surface area (Å²) in [6.45, 7) is 9.07. The van der Waals surface area contributed by atoms with E-state index in [2.05, 4.69) is 5.32 Å². The van der Waals surface area contributed by atoms with E-state index < -0.39 is 5.60 Å². The van der Waals surface area contributed by atoms with Gasteiger partial charge in [-0.3, -0.25) is 0 Å². The van der Waals surface area contributed by atoms with Crippen molar-refractivity contribution in [3.63, 3.8) is 0 Å². The van der Waals surface area contributed by atoms with Gasteiger partial charge >= 0.3 is 6.09 Å². The second kappa shape index (κ2) is 4.35. The van der Waals surface area contributed by atoms with Crippen molar-refractivity contribution in [2.45, 2.75) is 50.9 Å². The average molecular weight is 268 g/mol. The normalized spacial score (nSPS) is 37.9. The first-order chi connectivity index (χ1) is 8.88. The third kappa shape index (κ3) is 2.46. The first-order valence-electron chi connectivity index (χ1n) is 7.24. The average Bonchev–Trinajstić information content (AvgIpc) is 2.56. The van der Waals surface area contributed by atoms with E-state index in [1.807, 2.05) is 25.7 Å². The molecule has 3 heterocycles. The Kier molecular flexibility index (Phi) is 3.02. The third-order valence-electron chi connectivity index (χ3n) is 4.34. The number of fused-ring (bicyclic) bond motifs is 1. The number of hydrogen-bond acceptors (Lipinski definition) is 4. The minimum Gasteiger partial charge on any atom is -0.444 e. The van der Waals surface area contributed by atoms with Crippen molar-refractivity contribution in [2.24, 2.45) is 5.92 Å². The maximum atomic E-state index is 12.2. The van der Waals surface area contributed by atoms with E-state index >= 15 is 0 Å². The van der Waals surface area contributed by atoms with Gasteiger partial charge in [-0.15, -0.1) is 0 Å². The van der Waals surface area contributed by atoms with Crippen molar-refractivity contribution in [3.8, 4) is 0 Å². The molecule has 1 spiro atoms. The molecule has 3 saturated heterocycles. The van der Waals surface area contributed by atoms with E-state index in [0.717, 1.165) is 25.9 Å². The summed E-state index contributed by atoms with van der Waals surface area (Å²) in [5, 5.41) is 3.43. The number of amides is 1. The molecular formula is C14H24N2O3. The molecule has 0 radical (unpaired) electrons. The summed E-state index contributed by atoms with van der Waals surface area (Å²) in [7, 11) is 0. The Morgan fingerprint density at radius 1 is 1.47 bits per heavy atom. The Balaban J connectivity index is 1.72. The zero-order chi connectivity index (χ0) is 13.7. The lowest BCUT2D eigenvalue weighted by atomic mass is 9.82. The Hall–Kier alpha value is -0.810. The Labute approximate surface area is 114 Å². The van der Waals surface area contributed by atoms with Crippen LogP contribution in [-0.2, 0) is 9.47 Å². The number of carbonyl (C=O) groups excluding carboxylic acids is 1. The number of likely N-dealkylation sites (tertiary alicyclic amines) is 1. The van der Waals surface area contributed by atoms with Crippen LogP contribution in [0.5, 0.6) is 0 Å². The lowest BCUT2D eigenvalue weighted by molar-refractivity contribution is -0.128. The highest BCUT2D eigenvalue weighted by atomic mass is 16.6. The van der Waals surface area contributed by atoms with Gasteiger partial charge in [0.25, 0.3) is 0 Å². The van der Waals surface area contributed by atoms with Crippen LogP contribution in [0.15, 0.2) is 0 Å². The van der Waals surface area contributed by atoms with Crippen molar-refractivity contribution >= 4 is 6.09 Å². The van der Waals surface area contributed by atoms with Gasteiger partial charge in [0.1, 0.15) is 5.60 Å². The van der Waals surface area contributed by atoms with E-state index in [-0.39, 0.29) is 17.8 Å². The molecular weight excluding hydrogens is 244 g/mol. The van der Waals surface area contributed by atoms with Crippen molar-refractivity contribution in [2.75, 3.05) is 26.2 Å². The van der Waals surface area contributed by atoms with Crippen molar-refractivity contribution in [3.05, 3.63) is 0 Å². The molecule has 0 aromatic rings. The number of nitrogens with zero attached hydrogens (tertiary/aromatic N) is 1. The van der Waals surface area contributed by atoms with Crippen molar-refractivity contribution in [1.82, 2.24) is 10.2 Å². The number of morpholine rings is 1. The van der Waals surface area contributed by atoms with Crippen LogP contribution in [0.4, 0.5) is 4.79 Å². The SMILES string of the molecule is CC(C)(C)OC(=O)N1CC2CC3CNCCC3(C1)O2. The van der Waals surface area contributed by atoms with Gasteiger partial charge in [0.2, 0.25) is 0 Å². The summed E-state index contributed by atoms with van der Waals surface area (Å²) < 4.78 is 11.7. The molecule has 3 aliphatic rings. The van der Waals surface area contributed by atoms with E-state index in [1.165, 1.54) is 0 Å². The summed E-state index contributed by atoms with van der Waals surface area (Å²) >= 11 is 0. The summed E-state index contributed by atoms with van der Waals surface area (Å²) in [5.41, 5.74) is -0.551. The van der Waals surface area contributed by atoms with Gasteiger partial charge in [-0.25, -0.2) is 4.79 Å². The van der Waals surface area contributed by atoms with E-state index in [1.54, 1.807) is 0 Å². The number of piperidine rings is 1. The Bertz CT molecular complexity index is 379. The monoisotopic (exact) mass is 268 g/mol. The smallest absolute Gasteiger partial charge is 0.410 e. The quantitative estimate of drug-likeness (QED) is 0.721. The summed E-state index contributed by atoms with van der Waals surface area (Å²) in [4.78, 5) is 14.1. The number of carbonyl (C=O) groups is 1. The Morgan fingerprint density at radius 3 is 3.00 bits per heavy atom. The number of hydrogen-bond donors (Lipinski definition) is 1. The lowest BCUT2D eigenvalue weighted by Gasteiger charge is -2.44. The highest BCUT2D eigenvalue weighted by molar-refractivity contribution is 5.68. The van der Waals surface area contributed by atoms with Crippen LogP contribution < -0.4 is 5.32 Å². The van der Waals surface area contributed by atoms with Crippen LogP contribution in [0.25, 0.3) is 0 Å². The number of nitrogens with one attached hydrogen (secondary N) is 1. The standard InChI is InChI=1S/C14H24N2O3/c1-13(2,3)19-12(17)16-8-11-6-10-7-15-5-4-14(10,9-16)18-11/h10-11,15H,4-9H2,1-3H3. The molecule has 5 nitrogen and oxygen atoms in total. The summed E-state index contributed by atoms with van der Waals surface area (Å²) in [5.74, 6) is 0.540. The molecule has 0 aromatic heterocycles. The van der Waals surface area contributed by atoms with Crippen LogP contribution in [0.1, 0.15) is 33.6 Å². The topological polar surface area (TPSA) is 50.8 Å². The molecule has 1 N–H and O–H groups in total. The van der Waals surface area contributed by atoms with E-state index in [9.17, 15) is 4.79 Å². The molecule has 3 atom stereocenters. The fraction of sp³-hybridized carbons (Fsp3) is 0.929. The van der Waals surface area contributed by atoms with E-state index in [4.69, 9.17) is 9.47 Å². The third-order valence-corrected chi connectivity index (χ3v) is 4.34. The lowest BCUT2D eigenvalue weighted by Crippen LogP contribution is -2.59. The molecule has 0 aliphatic carbocycles. The predicted octanol–water partition coefficient (Wildman–Crippen LogP) is 1.37. The van der Waals surface area contributed by atoms with Gasteiger partial charge in [0.05, 0.1) is 24.8 Å². The van der Waals surface area contributed by atoms with Crippen molar-refractivity contribution < 1.29 is 14.3 Å². The molecule has 1 amide bonds. The van der Waals surface area contributed by atoms with Gasteiger partial charge in [0.15, 0.2) is 0 Å². The first-order valence-corrected chi connectivity index (χ1v) is 7.24. The van der Waals surface area contributed by atoms with Gasteiger partial charge in [0, 0.05) is 12.5 Å². The molecule has 3 fully saturated rings. The minimum atomic E-state index is -0.431. The molecule has 108 valence electrons. The highest BCUT2D eigenvalue weighted by Crippen LogP contribution is 2.44. The second-order valence-electron chi connectivity index (χ2n) is 7.05. The molecule has 5 heteroatoms. The van der Waals surface area contributed by atoms with Gasteiger partial charge in [-0.2, -0.15) is 0 Å². The van der Waals surface area contributed by atoms with Gasteiger partial charge < -0.3 is 19.7 Å². The molecule has 3 unspecified atom stereocenters. The molecule has 0 saturated carbocycles. The molecule has 2 bridgehead atoms. The first kappa shape index (κ1) is 13.2. The maximum Gasteiger partial charge on any atom is 0.410 e. The second-order valence-corrected chi connectivity index (χ2v) is 7.05. The molecule has 19 heavy (non-hydrogen) atoms. The van der Waals surface area contributed by atoms with Crippen LogP contribution >= 0.6 is 0 Å². The van der Waals surface area contributed by atoms with Gasteiger partial charge in [-0.1, -0.05) is 0 Å². The predicted molar refractivity (Wildman–Crippen MR) is 71.0 cm³/mol. The van der Waals surface area contributed by atoms with Crippen LogP contribution in [0, 0.1) is 5.92 Å². The van der Waals surface area contributed by atoms with Crippen LogP contribution in [0.2, 0.25) is 0 Å². The molecule has 3 aliphatic heterocycles. The Morgan fingerprint density at radius 2 is 2.26 bits per heavy atom. The fourth-order valence-corrected chi connectivity index (χ4v) is 3.57. The van der Waals surface area contributed by atoms with Gasteiger partial charge in [-0.05, 0) is 40.2 Å². The minimum absolute atomic E-state index is 0.120. The largest absolute Gasteiger partial charge is 0.444 e. The van der Waals surface area contributed by atoms with Crippen LogP contribution in [-0.4, -0.2) is 54.5 Å².